The topological polar surface area (TPSA) is 70.2 Å². The smallest absolute Gasteiger partial charge is 0.269 e. The molecule has 0 aliphatic heterocycles. The summed E-state index contributed by atoms with van der Waals surface area (Å²) in [5, 5.41) is 2.55. The Kier molecular flexibility index (Phi) is 5.95. The number of rotatable bonds is 3. The fourth-order valence-electron chi connectivity index (χ4n) is 1.46. The second-order valence-electron chi connectivity index (χ2n) is 4.02. The molecule has 0 radical (unpaired) electrons. The molecular formula is C13H17N3O2S. The third-order valence-electron chi connectivity index (χ3n) is 2.41. The van der Waals surface area contributed by atoms with Crippen molar-refractivity contribution in [2.45, 2.75) is 26.7 Å². The third kappa shape index (κ3) is 5.05. The van der Waals surface area contributed by atoms with Crippen molar-refractivity contribution in [3.63, 3.8) is 0 Å². The second kappa shape index (κ2) is 7.48. The summed E-state index contributed by atoms with van der Waals surface area (Å²) in [6.07, 6.45) is 1.14. The Morgan fingerprint density at radius 1 is 1.21 bits per heavy atom. The highest BCUT2D eigenvalue weighted by Gasteiger charge is 2.08. The van der Waals surface area contributed by atoms with Crippen LogP contribution >= 0.6 is 12.2 Å². The van der Waals surface area contributed by atoms with E-state index in [-0.39, 0.29) is 16.9 Å². The first-order valence-corrected chi connectivity index (χ1v) is 6.41. The Labute approximate surface area is 117 Å². The first-order valence-electron chi connectivity index (χ1n) is 6.00. The Morgan fingerprint density at radius 3 is 2.53 bits per heavy atom. The summed E-state index contributed by atoms with van der Waals surface area (Å²) in [7, 11) is 0. The second-order valence-corrected chi connectivity index (χ2v) is 4.43. The van der Waals surface area contributed by atoms with E-state index in [1.807, 2.05) is 26.0 Å². The Hall–Kier alpha value is -1.95. The third-order valence-corrected chi connectivity index (χ3v) is 2.61. The van der Waals surface area contributed by atoms with Crippen LogP contribution in [0.4, 0.5) is 0 Å². The average Bonchev–Trinajstić information content (AvgIpc) is 2.36. The minimum absolute atomic E-state index is 0.0837. The summed E-state index contributed by atoms with van der Waals surface area (Å²) >= 11 is 4.89. The van der Waals surface area contributed by atoms with E-state index in [2.05, 4.69) is 16.2 Å². The largest absolute Gasteiger partial charge is 0.302 e. The molecule has 19 heavy (non-hydrogen) atoms. The van der Waals surface area contributed by atoms with Crippen LogP contribution in [0.2, 0.25) is 0 Å². The Balaban J connectivity index is 2.45. The van der Waals surface area contributed by atoms with Crippen molar-refractivity contribution in [1.29, 1.82) is 0 Å². The maximum Gasteiger partial charge on any atom is 0.269 e. The molecule has 0 spiro atoms. The average molecular weight is 279 g/mol. The quantitative estimate of drug-likeness (QED) is 0.578. The van der Waals surface area contributed by atoms with Gasteiger partial charge in [0, 0.05) is 12.0 Å². The van der Waals surface area contributed by atoms with Crippen LogP contribution < -0.4 is 16.2 Å². The van der Waals surface area contributed by atoms with Crippen molar-refractivity contribution in [3.8, 4) is 0 Å². The SMILES string of the molecule is CCCC(=O)NC(=S)NNC(=O)c1ccccc1C. The molecule has 0 bridgehead atoms. The molecule has 0 aliphatic rings. The van der Waals surface area contributed by atoms with Gasteiger partial charge >= 0.3 is 0 Å². The van der Waals surface area contributed by atoms with Crippen molar-refractivity contribution in [2.24, 2.45) is 0 Å². The summed E-state index contributed by atoms with van der Waals surface area (Å²) in [6.45, 7) is 3.74. The van der Waals surface area contributed by atoms with Crippen molar-refractivity contribution in [3.05, 3.63) is 35.4 Å². The van der Waals surface area contributed by atoms with Crippen LogP contribution in [0, 0.1) is 6.92 Å². The summed E-state index contributed by atoms with van der Waals surface area (Å²) in [6, 6.07) is 7.19. The molecule has 3 N–H and O–H groups in total. The van der Waals surface area contributed by atoms with Gasteiger partial charge in [0.2, 0.25) is 5.91 Å². The van der Waals surface area contributed by atoms with Crippen LogP contribution in [0.25, 0.3) is 0 Å². The van der Waals surface area contributed by atoms with Crippen LogP contribution in [0.3, 0.4) is 0 Å². The number of aryl methyl sites for hydroxylation is 1. The fourth-order valence-corrected chi connectivity index (χ4v) is 1.62. The number of thiocarbonyl (C=S) groups is 1. The van der Waals surface area contributed by atoms with Crippen LogP contribution in [-0.2, 0) is 4.79 Å². The van der Waals surface area contributed by atoms with E-state index in [1.165, 1.54) is 0 Å². The van der Waals surface area contributed by atoms with E-state index in [9.17, 15) is 9.59 Å². The highest BCUT2D eigenvalue weighted by Crippen LogP contribution is 2.05. The minimum Gasteiger partial charge on any atom is -0.302 e. The van der Waals surface area contributed by atoms with Crippen LogP contribution in [0.1, 0.15) is 35.7 Å². The zero-order valence-electron chi connectivity index (χ0n) is 10.9. The van der Waals surface area contributed by atoms with Gasteiger partial charge in [-0.2, -0.15) is 0 Å². The molecule has 0 aromatic heterocycles. The number of hydrazine groups is 1. The van der Waals surface area contributed by atoms with E-state index in [4.69, 9.17) is 12.2 Å². The molecule has 1 aromatic rings. The van der Waals surface area contributed by atoms with Crippen LogP contribution in [0.15, 0.2) is 24.3 Å². The predicted octanol–water partition coefficient (Wildman–Crippen LogP) is 1.43. The molecule has 1 aromatic carbocycles. The lowest BCUT2D eigenvalue weighted by Crippen LogP contribution is -2.48. The number of carbonyl (C=O) groups is 2. The van der Waals surface area contributed by atoms with Crippen molar-refractivity contribution in [2.75, 3.05) is 0 Å². The number of benzene rings is 1. The van der Waals surface area contributed by atoms with Gasteiger partial charge < -0.3 is 5.32 Å². The maximum atomic E-state index is 11.8. The van der Waals surface area contributed by atoms with Crippen LogP contribution in [0.5, 0.6) is 0 Å². The molecule has 0 saturated heterocycles. The van der Waals surface area contributed by atoms with E-state index < -0.39 is 0 Å². The number of hydrogen-bond donors (Lipinski definition) is 3. The van der Waals surface area contributed by atoms with E-state index >= 15 is 0 Å². The van der Waals surface area contributed by atoms with Gasteiger partial charge in [0.1, 0.15) is 0 Å². The van der Waals surface area contributed by atoms with Gasteiger partial charge in [0.15, 0.2) is 5.11 Å². The predicted molar refractivity (Wildman–Crippen MR) is 77.4 cm³/mol. The molecule has 0 saturated carbocycles. The molecule has 0 unspecified atom stereocenters. The van der Waals surface area contributed by atoms with Gasteiger partial charge in [0.25, 0.3) is 5.91 Å². The summed E-state index contributed by atoms with van der Waals surface area (Å²) in [4.78, 5) is 23.1. The Bertz CT molecular complexity index is 489. The number of hydrogen-bond acceptors (Lipinski definition) is 3. The first-order chi connectivity index (χ1) is 9.04. The van der Waals surface area contributed by atoms with Crippen molar-refractivity contribution >= 4 is 29.1 Å². The monoisotopic (exact) mass is 279 g/mol. The Morgan fingerprint density at radius 2 is 1.89 bits per heavy atom. The van der Waals surface area contributed by atoms with Crippen LogP contribution in [-0.4, -0.2) is 16.9 Å². The maximum absolute atomic E-state index is 11.8. The minimum atomic E-state index is -0.301. The van der Waals surface area contributed by atoms with Gasteiger partial charge in [-0.05, 0) is 37.2 Å². The summed E-state index contributed by atoms with van der Waals surface area (Å²) in [5.41, 5.74) is 6.36. The number of amides is 2. The summed E-state index contributed by atoms with van der Waals surface area (Å²) < 4.78 is 0. The van der Waals surface area contributed by atoms with E-state index in [0.29, 0.717) is 12.0 Å². The van der Waals surface area contributed by atoms with Gasteiger partial charge in [-0.15, -0.1) is 0 Å². The molecule has 0 fully saturated rings. The van der Waals surface area contributed by atoms with Crippen molar-refractivity contribution in [1.82, 2.24) is 16.2 Å². The molecule has 0 heterocycles. The lowest BCUT2D eigenvalue weighted by atomic mass is 10.1. The molecule has 1 rings (SSSR count). The zero-order valence-corrected chi connectivity index (χ0v) is 11.8. The molecule has 102 valence electrons. The zero-order chi connectivity index (χ0) is 14.3. The molecule has 5 nitrogen and oxygen atoms in total. The summed E-state index contributed by atoms with van der Waals surface area (Å²) in [5.74, 6) is -0.477. The van der Waals surface area contributed by atoms with E-state index in [1.54, 1.807) is 12.1 Å². The molecule has 6 heteroatoms. The van der Waals surface area contributed by atoms with Crippen molar-refractivity contribution < 1.29 is 9.59 Å². The number of carbonyl (C=O) groups excluding carboxylic acids is 2. The molecule has 0 aliphatic carbocycles. The van der Waals surface area contributed by atoms with E-state index in [0.717, 1.165) is 12.0 Å². The highest BCUT2D eigenvalue weighted by atomic mass is 32.1. The molecule has 0 atom stereocenters. The van der Waals surface area contributed by atoms with Gasteiger partial charge in [0.05, 0.1) is 0 Å². The lowest BCUT2D eigenvalue weighted by Gasteiger charge is -2.11. The normalized spacial score (nSPS) is 9.58. The number of nitrogens with one attached hydrogen (secondary N) is 3. The first kappa shape index (κ1) is 15.1. The standard InChI is InChI=1S/C13H17N3O2S/c1-3-6-11(17)14-13(19)16-15-12(18)10-8-5-4-7-9(10)2/h4-5,7-8H,3,6H2,1-2H3,(H,15,18)(H2,14,16,17,19). The van der Waals surface area contributed by atoms with Gasteiger partial charge in [-0.25, -0.2) is 0 Å². The van der Waals surface area contributed by atoms with Gasteiger partial charge in [-0.3, -0.25) is 20.4 Å². The highest BCUT2D eigenvalue weighted by molar-refractivity contribution is 7.80. The fraction of sp³-hybridized carbons (Fsp3) is 0.308. The molecular weight excluding hydrogens is 262 g/mol. The van der Waals surface area contributed by atoms with Gasteiger partial charge in [-0.1, -0.05) is 25.1 Å². The lowest BCUT2D eigenvalue weighted by molar-refractivity contribution is -0.119. The molecule has 2 amide bonds.